The Hall–Kier alpha value is -2.67. The number of nitrogens with zero attached hydrogens (tertiary/aromatic N) is 3. The quantitative estimate of drug-likeness (QED) is 0.795. The molecule has 0 bridgehead atoms. The van der Waals surface area contributed by atoms with Gasteiger partial charge in [0.1, 0.15) is 5.56 Å². The number of likely N-dealkylation sites (N-methyl/N-ethyl adjacent to an activating group) is 1. The number of nitrogens with one attached hydrogen (secondary N) is 1. The van der Waals surface area contributed by atoms with Gasteiger partial charge in [-0.25, -0.2) is 9.36 Å². The number of aliphatic imine (C=N–C) groups is 1. The van der Waals surface area contributed by atoms with Crippen molar-refractivity contribution in [1.82, 2.24) is 14.5 Å². The summed E-state index contributed by atoms with van der Waals surface area (Å²) in [5.41, 5.74) is 0.971. The van der Waals surface area contributed by atoms with Gasteiger partial charge in [0.2, 0.25) is 5.88 Å². The number of H-pyrrole nitrogens is 1. The van der Waals surface area contributed by atoms with Crippen LogP contribution >= 0.6 is 0 Å². The van der Waals surface area contributed by atoms with Crippen molar-refractivity contribution in [2.24, 2.45) is 4.99 Å². The van der Waals surface area contributed by atoms with Crippen LogP contribution in [0.3, 0.4) is 0 Å². The average Bonchev–Trinajstić information content (AvgIpc) is 2.50. The highest BCUT2D eigenvalue weighted by Gasteiger charge is 2.15. The number of aromatic hydroxyl groups is 1. The van der Waals surface area contributed by atoms with Crippen LogP contribution in [0.1, 0.15) is 16.7 Å². The van der Waals surface area contributed by atoms with Crippen LogP contribution in [0.5, 0.6) is 5.88 Å². The highest BCUT2D eigenvalue weighted by Crippen LogP contribution is 2.20. The molecule has 7 heteroatoms. The summed E-state index contributed by atoms with van der Waals surface area (Å²) in [6.45, 7) is 4.96. The summed E-state index contributed by atoms with van der Waals surface area (Å²) in [5, 5.41) is 10.5. The molecule has 2 N–H and O–H groups in total. The van der Waals surface area contributed by atoms with E-state index in [4.69, 9.17) is 0 Å². The molecule has 0 saturated carbocycles. The maximum atomic E-state index is 12.2. The van der Waals surface area contributed by atoms with Gasteiger partial charge in [0.05, 0.1) is 12.2 Å². The first-order chi connectivity index (χ1) is 11.3. The Bertz CT molecular complexity index is 878. The van der Waals surface area contributed by atoms with Crippen molar-refractivity contribution in [3.05, 3.63) is 55.7 Å². The van der Waals surface area contributed by atoms with Gasteiger partial charge in [0.25, 0.3) is 5.56 Å². The largest absolute Gasteiger partial charge is 0.493 e. The number of hydrogen-bond acceptors (Lipinski definition) is 5. The van der Waals surface area contributed by atoms with E-state index in [1.54, 1.807) is 12.1 Å². The zero-order chi connectivity index (χ0) is 17.9. The number of aromatic amines is 1. The first-order valence-electron chi connectivity index (χ1n) is 7.62. The van der Waals surface area contributed by atoms with E-state index in [0.717, 1.165) is 15.7 Å². The number of aryl methyl sites for hydroxylation is 1. The molecule has 1 aromatic carbocycles. The lowest BCUT2D eigenvalue weighted by molar-refractivity contribution is 0.420. The van der Waals surface area contributed by atoms with E-state index >= 15 is 0 Å². The van der Waals surface area contributed by atoms with E-state index in [0.29, 0.717) is 18.8 Å². The Morgan fingerprint density at radius 2 is 2.00 bits per heavy atom. The van der Waals surface area contributed by atoms with Crippen molar-refractivity contribution in [3.63, 3.8) is 0 Å². The minimum Gasteiger partial charge on any atom is -0.493 e. The van der Waals surface area contributed by atoms with Crippen LogP contribution in [0.15, 0.2) is 32.8 Å². The third-order valence-electron chi connectivity index (χ3n) is 3.83. The maximum Gasteiger partial charge on any atom is 0.335 e. The summed E-state index contributed by atoms with van der Waals surface area (Å²) < 4.78 is 1.09. The summed E-state index contributed by atoms with van der Waals surface area (Å²) >= 11 is 0. The predicted molar refractivity (Wildman–Crippen MR) is 94.8 cm³/mol. The predicted octanol–water partition coefficient (Wildman–Crippen LogP) is 0.829. The van der Waals surface area contributed by atoms with Gasteiger partial charge in [-0.15, -0.1) is 0 Å². The van der Waals surface area contributed by atoms with Crippen LogP contribution in [0.25, 0.3) is 5.69 Å². The van der Waals surface area contributed by atoms with Crippen molar-refractivity contribution in [3.8, 4) is 11.6 Å². The lowest BCUT2D eigenvalue weighted by atomic mass is 10.1. The Labute approximate surface area is 139 Å². The molecule has 1 aromatic heterocycles. The third kappa shape index (κ3) is 3.62. The van der Waals surface area contributed by atoms with Crippen LogP contribution in [-0.2, 0) is 0 Å². The van der Waals surface area contributed by atoms with Gasteiger partial charge in [-0.05, 0) is 45.1 Å². The van der Waals surface area contributed by atoms with E-state index in [9.17, 15) is 14.7 Å². The molecule has 0 aliphatic carbocycles. The normalized spacial score (nSPS) is 11.5. The van der Waals surface area contributed by atoms with Crippen LogP contribution in [0.2, 0.25) is 0 Å². The zero-order valence-electron chi connectivity index (χ0n) is 14.3. The van der Waals surface area contributed by atoms with Crippen LogP contribution in [-0.4, -0.2) is 53.0 Å². The van der Waals surface area contributed by atoms with Gasteiger partial charge < -0.3 is 10.0 Å². The zero-order valence-corrected chi connectivity index (χ0v) is 14.3. The minimum absolute atomic E-state index is 0.0331. The Morgan fingerprint density at radius 1 is 1.29 bits per heavy atom. The SMILES string of the molecule is Cc1cccc(-n2c(O)c(C=NCCN(C)C)c(=O)[nH]c2=O)c1C. The fourth-order valence-corrected chi connectivity index (χ4v) is 2.27. The second kappa shape index (κ2) is 7.27. The lowest BCUT2D eigenvalue weighted by Gasteiger charge is -2.13. The molecule has 128 valence electrons. The lowest BCUT2D eigenvalue weighted by Crippen LogP contribution is -2.31. The Kier molecular flexibility index (Phi) is 5.35. The van der Waals surface area contributed by atoms with Crippen LogP contribution < -0.4 is 11.2 Å². The number of hydrogen-bond donors (Lipinski definition) is 2. The molecule has 2 aromatic rings. The average molecular weight is 330 g/mol. The van der Waals surface area contributed by atoms with Crippen LogP contribution in [0.4, 0.5) is 0 Å². The second-order valence-electron chi connectivity index (χ2n) is 5.89. The smallest absolute Gasteiger partial charge is 0.335 e. The number of rotatable bonds is 5. The van der Waals surface area contributed by atoms with Crippen molar-refractivity contribution in [2.45, 2.75) is 13.8 Å². The van der Waals surface area contributed by atoms with E-state index in [1.807, 2.05) is 38.9 Å². The van der Waals surface area contributed by atoms with Gasteiger partial charge in [-0.3, -0.25) is 14.8 Å². The molecule has 1 heterocycles. The molecule has 7 nitrogen and oxygen atoms in total. The first kappa shape index (κ1) is 17.7. The fraction of sp³-hybridized carbons (Fsp3) is 0.353. The summed E-state index contributed by atoms with van der Waals surface area (Å²) in [6.07, 6.45) is 1.30. The van der Waals surface area contributed by atoms with Crippen molar-refractivity contribution in [2.75, 3.05) is 27.2 Å². The first-order valence-corrected chi connectivity index (χ1v) is 7.62. The molecule has 0 fully saturated rings. The van der Waals surface area contributed by atoms with E-state index in [-0.39, 0.29) is 5.56 Å². The molecular formula is C17H22N4O3. The Balaban J connectivity index is 2.55. The van der Waals surface area contributed by atoms with Gasteiger partial charge in [0, 0.05) is 12.8 Å². The molecule has 0 unspecified atom stereocenters. The second-order valence-corrected chi connectivity index (χ2v) is 5.89. The molecule has 24 heavy (non-hydrogen) atoms. The molecule has 2 rings (SSSR count). The third-order valence-corrected chi connectivity index (χ3v) is 3.83. The molecule has 0 saturated heterocycles. The summed E-state index contributed by atoms with van der Waals surface area (Å²) in [6, 6.07) is 5.42. The van der Waals surface area contributed by atoms with Gasteiger partial charge in [-0.2, -0.15) is 0 Å². The van der Waals surface area contributed by atoms with E-state index in [1.165, 1.54) is 6.21 Å². The van der Waals surface area contributed by atoms with Crippen molar-refractivity contribution >= 4 is 6.21 Å². The van der Waals surface area contributed by atoms with Gasteiger partial charge >= 0.3 is 5.69 Å². The standard InChI is InChI=1S/C17H22N4O3/c1-11-6-5-7-14(12(11)2)21-16(23)13(15(22)19-17(21)24)10-18-8-9-20(3)4/h5-7,10,23H,8-9H2,1-4H3,(H,19,22,24). The number of aromatic nitrogens is 2. The molecule has 0 radical (unpaired) electrons. The summed E-state index contributed by atoms with van der Waals surface area (Å²) in [5.74, 6) is -0.411. The summed E-state index contributed by atoms with van der Waals surface area (Å²) in [7, 11) is 3.83. The molecule has 0 amide bonds. The van der Waals surface area contributed by atoms with E-state index in [2.05, 4.69) is 9.98 Å². The topological polar surface area (TPSA) is 90.7 Å². The molecular weight excluding hydrogens is 308 g/mol. The van der Waals surface area contributed by atoms with E-state index < -0.39 is 17.1 Å². The Morgan fingerprint density at radius 3 is 2.67 bits per heavy atom. The highest BCUT2D eigenvalue weighted by molar-refractivity contribution is 5.82. The fourth-order valence-electron chi connectivity index (χ4n) is 2.27. The monoisotopic (exact) mass is 330 g/mol. The molecule has 0 aliphatic rings. The maximum absolute atomic E-state index is 12.2. The molecule has 0 spiro atoms. The van der Waals surface area contributed by atoms with Crippen LogP contribution in [0, 0.1) is 13.8 Å². The van der Waals surface area contributed by atoms with Crippen molar-refractivity contribution in [1.29, 1.82) is 0 Å². The molecule has 0 aliphatic heterocycles. The van der Waals surface area contributed by atoms with Crippen molar-refractivity contribution < 1.29 is 5.11 Å². The van der Waals surface area contributed by atoms with Gasteiger partial charge in [-0.1, -0.05) is 12.1 Å². The molecule has 0 atom stereocenters. The number of benzene rings is 1. The van der Waals surface area contributed by atoms with Gasteiger partial charge in [0.15, 0.2) is 0 Å². The minimum atomic E-state index is -0.684. The summed E-state index contributed by atoms with van der Waals surface area (Å²) in [4.78, 5) is 32.5. The highest BCUT2D eigenvalue weighted by atomic mass is 16.3.